The molecule has 0 N–H and O–H groups in total. The minimum Gasteiger partial charge on any atom is -0.252 e. The van der Waals surface area contributed by atoms with Gasteiger partial charge in [-0.1, -0.05) is 84.0 Å². The summed E-state index contributed by atoms with van der Waals surface area (Å²) in [6.45, 7) is 2.48. The summed E-state index contributed by atoms with van der Waals surface area (Å²) in [6.07, 6.45) is 16.5. The highest BCUT2D eigenvalue weighted by atomic mass is 32.3. The van der Waals surface area contributed by atoms with E-state index in [1.54, 1.807) is 0 Å². The van der Waals surface area contributed by atoms with Gasteiger partial charge in [-0.05, 0) is 6.42 Å². The van der Waals surface area contributed by atoms with E-state index in [1.165, 1.54) is 64.2 Å². The van der Waals surface area contributed by atoms with Crippen LogP contribution in [0.15, 0.2) is 0 Å². The lowest BCUT2D eigenvalue weighted by Crippen LogP contribution is -2.08. The van der Waals surface area contributed by atoms with E-state index >= 15 is 0 Å². The third-order valence-corrected chi connectivity index (χ3v) is 4.54. The maximum atomic E-state index is 10.9. The van der Waals surface area contributed by atoms with Crippen LogP contribution in [0.25, 0.3) is 0 Å². The largest absolute Gasteiger partial charge is 0.399 e. The van der Waals surface area contributed by atoms with E-state index in [0.717, 1.165) is 26.4 Å². The van der Waals surface area contributed by atoms with E-state index in [9.17, 15) is 8.42 Å². The standard InChI is InChI=1S/C16H34O4S/c1-3-4-5-6-7-8-9-10-11-12-13-14-15-16-20-21(17,18)19-2/h3-16H2,1-2H3. The summed E-state index contributed by atoms with van der Waals surface area (Å²) < 4.78 is 30.6. The summed E-state index contributed by atoms with van der Waals surface area (Å²) in [4.78, 5) is 0. The van der Waals surface area contributed by atoms with Crippen LogP contribution in [0.5, 0.6) is 0 Å². The second-order valence-electron chi connectivity index (χ2n) is 5.64. The van der Waals surface area contributed by atoms with Gasteiger partial charge >= 0.3 is 10.4 Å². The highest BCUT2D eigenvalue weighted by Crippen LogP contribution is 2.12. The van der Waals surface area contributed by atoms with E-state index in [0.29, 0.717) is 0 Å². The predicted octanol–water partition coefficient (Wildman–Crippen LogP) is 4.99. The van der Waals surface area contributed by atoms with Gasteiger partial charge in [-0.25, -0.2) is 4.18 Å². The first-order valence-electron chi connectivity index (χ1n) is 8.57. The molecule has 0 rings (SSSR count). The number of unbranched alkanes of at least 4 members (excludes halogenated alkanes) is 12. The molecule has 0 saturated carbocycles. The first kappa shape index (κ1) is 20.9. The molecule has 0 aliphatic rings. The third kappa shape index (κ3) is 16.1. The fraction of sp³-hybridized carbons (Fsp3) is 1.00. The van der Waals surface area contributed by atoms with E-state index in [4.69, 9.17) is 0 Å². The predicted molar refractivity (Wildman–Crippen MR) is 87.6 cm³/mol. The quantitative estimate of drug-likeness (QED) is 0.376. The first-order valence-corrected chi connectivity index (χ1v) is 9.90. The molecule has 0 radical (unpaired) electrons. The minimum atomic E-state index is -3.74. The fourth-order valence-corrected chi connectivity index (χ4v) is 2.75. The van der Waals surface area contributed by atoms with Crippen molar-refractivity contribution in [2.75, 3.05) is 13.7 Å². The second-order valence-corrected chi connectivity index (χ2v) is 7.03. The normalized spacial score (nSPS) is 11.9. The van der Waals surface area contributed by atoms with Gasteiger partial charge in [-0.3, -0.25) is 4.18 Å². The molecule has 0 saturated heterocycles. The number of hydrogen-bond donors (Lipinski definition) is 0. The van der Waals surface area contributed by atoms with Gasteiger partial charge in [0.2, 0.25) is 0 Å². The molecule has 0 atom stereocenters. The van der Waals surface area contributed by atoms with Crippen molar-refractivity contribution < 1.29 is 16.8 Å². The zero-order valence-corrected chi connectivity index (χ0v) is 14.8. The van der Waals surface area contributed by atoms with Crippen LogP contribution >= 0.6 is 0 Å². The van der Waals surface area contributed by atoms with Gasteiger partial charge in [0.25, 0.3) is 0 Å². The molecule has 0 aliphatic heterocycles. The van der Waals surface area contributed by atoms with Crippen LogP contribution in [-0.4, -0.2) is 22.1 Å². The third-order valence-electron chi connectivity index (χ3n) is 3.68. The summed E-state index contributed by atoms with van der Waals surface area (Å²) in [5.74, 6) is 0. The zero-order chi connectivity index (χ0) is 15.8. The number of hydrogen-bond acceptors (Lipinski definition) is 4. The Morgan fingerprint density at radius 2 is 1.05 bits per heavy atom. The van der Waals surface area contributed by atoms with Crippen LogP contribution in [0.2, 0.25) is 0 Å². The van der Waals surface area contributed by atoms with Crippen LogP contribution in [0.3, 0.4) is 0 Å². The van der Waals surface area contributed by atoms with Crippen molar-refractivity contribution >= 4 is 10.4 Å². The van der Waals surface area contributed by atoms with E-state index in [1.807, 2.05) is 0 Å². The minimum absolute atomic E-state index is 0.230. The molecule has 0 aromatic heterocycles. The highest BCUT2D eigenvalue weighted by molar-refractivity contribution is 7.81. The monoisotopic (exact) mass is 322 g/mol. The molecule has 21 heavy (non-hydrogen) atoms. The van der Waals surface area contributed by atoms with Crippen molar-refractivity contribution in [3.63, 3.8) is 0 Å². The van der Waals surface area contributed by atoms with Crippen LogP contribution < -0.4 is 0 Å². The lowest BCUT2D eigenvalue weighted by Gasteiger charge is -2.04. The average molecular weight is 323 g/mol. The molecule has 0 spiro atoms. The summed E-state index contributed by atoms with van der Waals surface area (Å²) in [6, 6.07) is 0. The average Bonchev–Trinajstić information content (AvgIpc) is 2.47. The lowest BCUT2D eigenvalue weighted by atomic mass is 10.0. The van der Waals surface area contributed by atoms with E-state index < -0.39 is 10.4 Å². The maximum absolute atomic E-state index is 10.9. The number of rotatable bonds is 16. The second kappa shape index (κ2) is 14.8. The zero-order valence-electron chi connectivity index (χ0n) is 13.9. The SMILES string of the molecule is CCCCCCCCCCCCCCCOS(=O)(=O)OC. The Morgan fingerprint density at radius 3 is 1.43 bits per heavy atom. The van der Waals surface area contributed by atoms with Gasteiger partial charge < -0.3 is 0 Å². The van der Waals surface area contributed by atoms with Crippen LogP contribution in [-0.2, 0) is 18.8 Å². The van der Waals surface area contributed by atoms with Crippen LogP contribution in [0, 0.1) is 0 Å². The Labute approximate surface area is 131 Å². The summed E-state index contributed by atoms with van der Waals surface area (Å²) in [5.41, 5.74) is 0. The topological polar surface area (TPSA) is 52.6 Å². The summed E-state index contributed by atoms with van der Waals surface area (Å²) in [7, 11) is -2.63. The molecular weight excluding hydrogens is 288 g/mol. The van der Waals surface area contributed by atoms with Gasteiger partial charge in [0.15, 0.2) is 0 Å². The Hall–Kier alpha value is -0.130. The fourth-order valence-electron chi connectivity index (χ4n) is 2.33. The highest BCUT2D eigenvalue weighted by Gasteiger charge is 2.07. The summed E-state index contributed by atoms with van der Waals surface area (Å²) in [5, 5.41) is 0. The lowest BCUT2D eigenvalue weighted by molar-refractivity contribution is 0.238. The van der Waals surface area contributed by atoms with Crippen molar-refractivity contribution in [3.05, 3.63) is 0 Å². The van der Waals surface area contributed by atoms with Gasteiger partial charge in [-0.2, -0.15) is 8.42 Å². The van der Waals surface area contributed by atoms with Crippen molar-refractivity contribution in [2.24, 2.45) is 0 Å². The van der Waals surface area contributed by atoms with E-state index in [-0.39, 0.29) is 6.61 Å². The summed E-state index contributed by atoms with van der Waals surface area (Å²) >= 11 is 0. The Morgan fingerprint density at radius 1 is 0.667 bits per heavy atom. The molecule has 128 valence electrons. The van der Waals surface area contributed by atoms with Crippen LogP contribution in [0.1, 0.15) is 90.4 Å². The molecule has 0 heterocycles. The maximum Gasteiger partial charge on any atom is 0.399 e. The Kier molecular flexibility index (Phi) is 14.7. The molecule has 4 nitrogen and oxygen atoms in total. The molecule has 0 aliphatic carbocycles. The molecule has 0 amide bonds. The molecule has 5 heteroatoms. The van der Waals surface area contributed by atoms with Crippen molar-refractivity contribution in [1.29, 1.82) is 0 Å². The molecular formula is C16H34O4S. The van der Waals surface area contributed by atoms with E-state index in [2.05, 4.69) is 15.3 Å². The molecule has 0 fully saturated rings. The van der Waals surface area contributed by atoms with Gasteiger partial charge in [0, 0.05) is 0 Å². The first-order chi connectivity index (χ1) is 10.1. The van der Waals surface area contributed by atoms with Gasteiger partial charge in [0.05, 0.1) is 13.7 Å². The molecule has 0 bridgehead atoms. The smallest absolute Gasteiger partial charge is 0.252 e. The molecule has 0 aromatic rings. The van der Waals surface area contributed by atoms with Crippen molar-refractivity contribution in [2.45, 2.75) is 90.4 Å². The van der Waals surface area contributed by atoms with Crippen molar-refractivity contribution in [1.82, 2.24) is 0 Å². The van der Waals surface area contributed by atoms with Crippen molar-refractivity contribution in [3.8, 4) is 0 Å². The molecule has 0 aromatic carbocycles. The van der Waals surface area contributed by atoms with Gasteiger partial charge in [0.1, 0.15) is 0 Å². The Balaban J connectivity index is 3.09. The molecule has 0 unspecified atom stereocenters. The van der Waals surface area contributed by atoms with Crippen LogP contribution in [0.4, 0.5) is 0 Å². The Bertz CT molecular complexity index is 301. The van der Waals surface area contributed by atoms with Gasteiger partial charge in [-0.15, -0.1) is 0 Å².